The van der Waals surface area contributed by atoms with Gasteiger partial charge < -0.3 is 19.4 Å². The lowest BCUT2D eigenvalue weighted by Crippen LogP contribution is -2.73. The summed E-state index contributed by atoms with van der Waals surface area (Å²) in [4.78, 5) is 70.6. The summed E-state index contributed by atoms with van der Waals surface area (Å²) >= 11 is 13.1. The first-order valence-electron chi connectivity index (χ1n) is 18.7. The van der Waals surface area contributed by atoms with Crippen molar-refractivity contribution in [1.29, 1.82) is 0 Å². The van der Waals surface area contributed by atoms with E-state index in [4.69, 9.17) is 27.7 Å². The zero-order valence-corrected chi connectivity index (χ0v) is 34.8. The van der Waals surface area contributed by atoms with Crippen LogP contribution in [0.5, 0.6) is 5.75 Å². The molecule has 0 spiro atoms. The first-order chi connectivity index (χ1) is 27.9. The van der Waals surface area contributed by atoms with Gasteiger partial charge in [-0.05, 0) is 70.2 Å². The summed E-state index contributed by atoms with van der Waals surface area (Å²) in [5.41, 5.74) is 1.80. The number of hydrogen-bond acceptors (Lipinski definition) is 8. The van der Waals surface area contributed by atoms with Crippen molar-refractivity contribution < 1.29 is 38.4 Å². The minimum absolute atomic E-state index is 0.0306. The van der Waals surface area contributed by atoms with Gasteiger partial charge in [0.05, 0.1) is 22.2 Å². The Morgan fingerprint density at radius 2 is 1.34 bits per heavy atom. The first-order valence-corrected chi connectivity index (χ1v) is 23.6. The van der Waals surface area contributed by atoms with E-state index in [9.17, 15) is 33.8 Å². The zero-order valence-electron chi connectivity index (χ0n) is 30.8. The van der Waals surface area contributed by atoms with Crippen LogP contribution >= 0.6 is 52.6 Å². The van der Waals surface area contributed by atoms with Crippen molar-refractivity contribution in [3.8, 4) is 5.75 Å². The third-order valence-electron chi connectivity index (χ3n) is 12.0. The first kappa shape index (κ1) is 39.5. The van der Waals surface area contributed by atoms with Crippen LogP contribution in [0.1, 0.15) is 42.2 Å². The number of carbonyl (C=O) groups excluding carboxylic acids is 2. The normalized spacial score (nSPS) is 23.0. The number of halogens is 2. The van der Waals surface area contributed by atoms with Crippen LogP contribution in [0.4, 0.5) is 21.9 Å². The second-order valence-electron chi connectivity index (χ2n) is 15.4. The summed E-state index contributed by atoms with van der Waals surface area (Å²) in [6.07, 6.45) is 1.65. The second-order valence-corrected chi connectivity index (χ2v) is 19.7. The highest BCUT2D eigenvalue weighted by Crippen LogP contribution is 2.75. The summed E-state index contributed by atoms with van der Waals surface area (Å²) in [6.45, 7) is 0.831. The van der Waals surface area contributed by atoms with E-state index in [0.29, 0.717) is 59.4 Å². The number of benzene rings is 4. The Kier molecular flexibility index (Phi) is 10.1. The van der Waals surface area contributed by atoms with E-state index in [0.717, 1.165) is 26.9 Å². The van der Waals surface area contributed by atoms with Gasteiger partial charge in [-0.25, -0.2) is 14.3 Å². The molecule has 0 saturated heterocycles. The van der Waals surface area contributed by atoms with Gasteiger partial charge in [-0.1, -0.05) is 65.4 Å². The SMILES string of the molecule is O=C(O)N(CCSSc1ccccn1)c1cc2c(c3ccccc13)[C@H](CCl)CN2C(=O)C12CC(C(=O)N3C[C@@H](CCl)c4c3cc(OP(=O)(O)O)c3ccccc43)(C1)C2. The molecular formula is C41H37Cl2N4O8PS2. The van der Waals surface area contributed by atoms with E-state index >= 15 is 0 Å². The van der Waals surface area contributed by atoms with Crippen LogP contribution < -0.4 is 19.2 Å². The maximum Gasteiger partial charge on any atom is 0.524 e. The number of pyridine rings is 1. The molecule has 3 heterocycles. The van der Waals surface area contributed by atoms with Gasteiger partial charge in [0.25, 0.3) is 0 Å². The smallest absolute Gasteiger partial charge is 0.465 e. The number of phosphoric acid groups is 1. The van der Waals surface area contributed by atoms with E-state index in [1.807, 2.05) is 60.7 Å². The van der Waals surface area contributed by atoms with E-state index in [-0.39, 0.29) is 54.2 Å². The quantitative estimate of drug-likeness (QED) is 0.0475. The molecule has 58 heavy (non-hydrogen) atoms. The van der Waals surface area contributed by atoms with Gasteiger partial charge >= 0.3 is 13.9 Å². The molecule has 3 fully saturated rings. The van der Waals surface area contributed by atoms with Crippen molar-refractivity contribution in [2.45, 2.75) is 36.1 Å². The van der Waals surface area contributed by atoms with Crippen LogP contribution in [0.15, 0.2) is 90.1 Å². The number of amides is 3. The van der Waals surface area contributed by atoms with E-state index in [2.05, 4.69) is 4.98 Å². The predicted molar refractivity (Wildman–Crippen MR) is 229 cm³/mol. The highest BCUT2D eigenvalue weighted by molar-refractivity contribution is 8.76. The molecule has 12 nitrogen and oxygen atoms in total. The molecule has 3 saturated carbocycles. The van der Waals surface area contributed by atoms with E-state index in [1.165, 1.54) is 32.6 Å². The van der Waals surface area contributed by atoms with Crippen molar-refractivity contribution in [2.24, 2.45) is 10.8 Å². The van der Waals surface area contributed by atoms with Crippen molar-refractivity contribution in [2.75, 3.05) is 51.8 Å². The van der Waals surface area contributed by atoms with E-state index in [1.54, 1.807) is 28.1 Å². The number of fused-ring (bicyclic) bond motifs is 6. The number of phosphoric ester groups is 1. The molecule has 17 heteroatoms. The van der Waals surface area contributed by atoms with Gasteiger partial charge in [0, 0.05) is 77.7 Å². The maximum atomic E-state index is 14.7. The van der Waals surface area contributed by atoms with Gasteiger partial charge in [-0.2, -0.15) is 0 Å². The number of carboxylic acid groups (broad SMARTS) is 1. The zero-order chi connectivity index (χ0) is 40.6. The Morgan fingerprint density at radius 3 is 1.88 bits per heavy atom. The van der Waals surface area contributed by atoms with Gasteiger partial charge in [-0.3, -0.25) is 24.3 Å². The summed E-state index contributed by atoms with van der Waals surface area (Å²) in [5.74, 6) is 0.285. The number of carbonyl (C=O) groups is 3. The molecule has 2 atom stereocenters. The molecule has 1 aromatic heterocycles. The molecule has 3 N–H and O–H groups in total. The Bertz CT molecular complexity index is 2540. The van der Waals surface area contributed by atoms with Crippen molar-refractivity contribution in [3.05, 3.63) is 96.2 Å². The number of alkyl halides is 2. The van der Waals surface area contributed by atoms with Crippen molar-refractivity contribution >= 4 is 109 Å². The lowest BCUT2D eigenvalue weighted by atomic mass is 9.34. The molecule has 3 amide bonds. The van der Waals surface area contributed by atoms with Crippen LogP contribution in [0.3, 0.4) is 0 Å². The van der Waals surface area contributed by atoms with Crippen LogP contribution in [-0.2, 0) is 14.2 Å². The molecule has 5 aromatic rings. The molecule has 2 aliphatic heterocycles. The Morgan fingerprint density at radius 1 is 0.810 bits per heavy atom. The predicted octanol–water partition coefficient (Wildman–Crippen LogP) is 8.99. The van der Waals surface area contributed by atoms with Gasteiger partial charge in [-0.15, -0.1) is 23.2 Å². The lowest BCUT2D eigenvalue weighted by Gasteiger charge is -2.69. The highest BCUT2D eigenvalue weighted by atomic mass is 35.5. The van der Waals surface area contributed by atoms with E-state index < -0.39 is 24.7 Å². The summed E-state index contributed by atoms with van der Waals surface area (Å²) < 4.78 is 17.1. The Balaban J connectivity index is 0.987. The monoisotopic (exact) mass is 878 g/mol. The van der Waals surface area contributed by atoms with Crippen LogP contribution in [0, 0.1) is 10.8 Å². The Hall–Kier alpha value is -4.01. The second kappa shape index (κ2) is 14.9. The number of rotatable bonds is 12. The molecule has 300 valence electrons. The largest absolute Gasteiger partial charge is 0.524 e. The number of anilines is 3. The van der Waals surface area contributed by atoms with Crippen LogP contribution in [0.2, 0.25) is 0 Å². The fourth-order valence-electron chi connectivity index (χ4n) is 9.66. The van der Waals surface area contributed by atoms with Gasteiger partial charge in [0.15, 0.2) is 0 Å². The number of nitrogens with zero attached hydrogens (tertiary/aromatic N) is 4. The highest BCUT2D eigenvalue weighted by Gasteiger charge is 2.76. The fraction of sp³-hybridized carbons (Fsp3) is 0.317. The molecule has 2 bridgehead atoms. The lowest BCUT2D eigenvalue weighted by molar-refractivity contribution is -0.204. The third kappa shape index (κ3) is 6.52. The number of aromatic nitrogens is 1. The standard InChI is InChI=1S/C41H37Cl2N4O8PS2/c42-17-24-19-46(31-15-30(26-7-1-3-9-28(26)35(24)31)45(39(50)51)13-14-57-58-34-11-5-6-12-44-34)37(48)40-21-41(22-40,23-40)38(49)47-20-25(18-43)36-29-10-4-2-8-27(29)33(16-32(36)47)55-56(52,53)54/h1-12,15-16,24-25H,13-14,17-23H2,(H,50,51)(H2,52,53,54)/t24-,25-,40?,41?/m1/s1. The average Bonchev–Trinajstić information content (AvgIpc) is 3.75. The van der Waals surface area contributed by atoms with Crippen LogP contribution in [-0.4, -0.2) is 74.9 Å². The van der Waals surface area contributed by atoms with Crippen molar-refractivity contribution in [1.82, 2.24) is 4.98 Å². The van der Waals surface area contributed by atoms with Gasteiger partial charge in [0.2, 0.25) is 11.8 Å². The van der Waals surface area contributed by atoms with Crippen molar-refractivity contribution in [3.63, 3.8) is 0 Å². The fourth-order valence-corrected chi connectivity index (χ4v) is 12.4. The average molecular weight is 880 g/mol. The molecular weight excluding hydrogens is 842 g/mol. The molecule has 5 aliphatic rings. The maximum absolute atomic E-state index is 14.7. The molecule has 3 aliphatic carbocycles. The Labute approximate surface area is 351 Å². The third-order valence-corrected chi connectivity index (χ3v) is 15.4. The molecule has 0 unspecified atom stereocenters. The number of hydrogen-bond donors (Lipinski definition) is 3. The topological polar surface area (TPSA) is 161 Å². The summed E-state index contributed by atoms with van der Waals surface area (Å²) in [5, 5.41) is 14.1. The molecule has 10 rings (SSSR count). The molecule has 4 aromatic carbocycles. The van der Waals surface area contributed by atoms with Gasteiger partial charge in [0.1, 0.15) is 10.8 Å². The van der Waals surface area contributed by atoms with Crippen LogP contribution in [0.25, 0.3) is 21.5 Å². The summed E-state index contributed by atoms with van der Waals surface area (Å²) in [6, 6.07) is 23.7. The minimum atomic E-state index is -4.92. The minimum Gasteiger partial charge on any atom is -0.465 e. The summed E-state index contributed by atoms with van der Waals surface area (Å²) in [7, 11) is -1.94. The molecule has 0 radical (unpaired) electrons.